The van der Waals surface area contributed by atoms with Crippen molar-refractivity contribution < 1.29 is 13.9 Å². The molecular formula is C16H22FNO2. The third kappa shape index (κ3) is 2.42. The molecule has 0 radical (unpaired) electrons. The van der Waals surface area contributed by atoms with Crippen LogP contribution in [0.3, 0.4) is 0 Å². The van der Waals surface area contributed by atoms with E-state index in [1.807, 2.05) is 0 Å². The van der Waals surface area contributed by atoms with Gasteiger partial charge in [-0.05, 0) is 44.1 Å². The lowest BCUT2D eigenvalue weighted by atomic mass is 9.70. The molecule has 1 spiro atoms. The molecule has 2 atom stereocenters. The first kappa shape index (κ1) is 13.8. The smallest absolute Gasteiger partial charge is 0.131 e. The number of hydrogen-bond acceptors (Lipinski definition) is 3. The van der Waals surface area contributed by atoms with Crippen LogP contribution in [0, 0.1) is 11.7 Å². The van der Waals surface area contributed by atoms with Crippen molar-refractivity contribution in [1.82, 2.24) is 0 Å². The summed E-state index contributed by atoms with van der Waals surface area (Å²) in [5, 5.41) is 0. The zero-order valence-corrected chi connectivity index (χ0v) is 11.9. The van der Waals surface area contributed by atoms with Crippen molar-refractivity contribution in [3.8, 4) is 5.75 Å². The van der Waals surface area contributed by atoms with Crippen LogP contribution in [0.2, 0.25) is 0 Å². The minimum atomic E-state index is -0.272. The van der Waals surface area contributed by atoms with E-state index in [9.17, 15) is 4.39 Å². The molecule has 2 fully saturated rings. The summed E-state index contributed by atoms with van der Waals surface area (Å²) >= 11 is 0. The normalized spacial score (nSPS) is 26.1. The summed E-state index contributed by atoms with van der Waals surface area (Å²) in [4.78, 5) is 0. The molecule has 1 aliphatic heterocycles. The third-order valence-corrected chi connectivity index (χ3v) is 4.87. The summed E-state index contributed by atoms with van der Waals surface area (Å²) in [6.07, 6.45) is 5.36. The summed E-state index contributed by atoms with van der Waals surface area (Å²) in [7, 11) is 1.53. The van der Waals surface area contributed by atoms with Crippen molar-refractivity contribution in [3.63, 3.8) is 0 Å². The summed E-state index contributed by atoms with van der Waals surface area (Å²) in [5.74, 6) is 0.554. The fourth-order valence-corrected chi connectivity index (χ4v) is 3.45. The molecule has 1 heterocycles. The van der Waals surface area contributed by atoms with Crippen LogP contribution in [0.15, 0.2) is 18.2 Å². The number of ether oxygens (including phenoxy) is 2. The van der Waals surface area contributed by atoms with Gasteiger partial charge < -0.3 is 15.2 Å². The molecule has 1 saturated heterocycles. The molecular weight excluding hydrogens is 257 g/mol. The van der Waals surface area contributed by atoms with E-state index in [-0.39, 0.29) is 17.5 Å². The molecule has 1 saturated carbocycles. The predicted octanol–water partition coefficient (Wildman–Crippen LogP) is 3.18. The van der Waals surface area contributed by atoms with E-state index in [0.717, 1.165) is 32.3 Å². The van der Waals surface area contributed by atoms with E-state index in [4.69, 9.17) is 15.2 Å². The number of benzene rings is 1. The molecule has 110 valence electrons. The fourth-order valence-electron chi connectivity index (χ4n) is 3.45. The highest BCUT2D eigenvalue weighted by atomic mass is 19.1. The van der Waals surface area contributed by atoms with Crippen molar-refractivity contribution in [1.29, 1.82) is 0 Å². The van der Waals surface area contributed by atoms with Crippen LogP contribution in [0.4, 0.5) is 4.39 Å². The quantitative estimate of drug-likeness (QED) is 0.924. The number of methoxy groups -OCH3 is 1. The van der Waals surface area contributed by atoms with Gasteiger partial charge in [0, 0.05) is 24.3 Å². The highest BCUT2D eigenvalue weighted by Gasteiger charge is 2.44. The Morgan fingerprint density at radius 3 is 2.85 bits per heavy atom. The number of halogens is 1. The minimum Gasteiger partial charge on any atom is -0.497 e. The van der Waals surface area contributed by atoms with Crippen molar-refractivity contribution in [3.05, 3.63) is 29.6 Å². The third-order valence-electron chi connectivity index (χ3n) is 4.87. The van der Waals surface area contributed by atoms with Crippen LogP contribution >= 0.6 is 0 Å². The SMILES string of the molecule is COc1ccc(C(N)C2CCOC3(CCC3)C2)c(F)c1. The van der Waals surface area contributed by atoms with Crippen molar-refractivity contribution in [2.24, 2.45) is 11.7 Å². The zero-order chi connectivity index (χ0) is 14.2. The van der Waals surface area contributed by atoms with Gasteiger partial charge in [-0.25, -0.2) is 4.39 Å². The zero-order valence-electron chi connectivity index (χ0n) is 11.9. The molecule has 0 amide bonds. The van der Waals surface area contributed by atoms with E-state index < -0.39 is 0 Å². The monoisotopic (exact) mass is 279 g/mol. The van der Waals surface area contributed by atoms with Gasteiger partial charge in [0.05, 0.1) is 12.7 Å². The first-order valence-corrected chi connectivity index (χ1v) is 7.36. The molecule has 4 heteroatoms. The molecule has 3 nitrogen and oxygen atoms in total. The van der Waals surface area contributed by atoms with E-state index in [2.05, 4.69) is 0 Å². The van der Waals surface area contributed by atoms with Gasteiger partial charge in [0.1, 0.15) is 11.6 Å². The fraction of sp³-hybridized carbons (Fsp3) is 0.625. The van der Waals surface area contributed by atoms with Gasteiger partial charge in [-0.1, -0.05) is 6.07 Å². The Morgan fingerprint density at radius 1 is 1.45 bits per heavy atom. The Morgan fingerprint density at radius 2 is 2.25 bits per heavy atom. The van der Waals surface area contributed by atoms with Crippen molar-refractivity contribution >= 4 is 0 Å². The lowest BCUT2D eigenvalue weighted by Crippen LogP contribution is -2.47. The van der Waals surface area contributed by atoms with Crippen LogP contribution in [0.1, 0.15) is 43.7 Å². The molecule has 2 aliphatic rings. The van der Waals surface area contributed by atoms with Gasteiger partial charge in [-0.15, -0.1) is 0 Å². The average molecular weight is 279 g/mol. The molecule has 0 bridgehead atoms. The molecule has 2 unspecified atom stereocenters. The number of hydrogen-bond donors (Lipinski definition) is 1. The number of nitrogens with two attached hydrogens (primary N) is 1. The second-order valence-corrected chi connectivity index (χ2v) is 6.05. The Labute approximate surface area is 119 Å². The molecule has 2 N–H and O–H groups in total. The van der Waals surface area contributed by atoms with Crippen LogP contribution in [0.5, 0.6) is 5.75 Å². The molecule has 1 aromatic rings. The minimum absolute atomic E-state index is 0.0451. The Bertz CT molecular complexity index is 487. The maximum Gasteiger partial charge on any atom is 0.131 e. The Balaban J connectivity index is 1.76. The van der Waals surface area contributed by atoms with Gasteiger partial charge in [0.2, 0.25) is 0 Å². The predicted molar refractivity (Wildman–Crippen MR) is 75.1 cm³/mol. The molecule has 0 aromatic heterocycles. The summed E-state index contributed by atoms with van der Waals surface area (Å²) in [5.41, 5.74) is 6.96. The van der Waals surface area contributed by atoms with E-state index in [1.54, 1.807) is 12.1 Å². The van der Waals surface area contributed by atoms with Crippen molar-refractivity contribution in [2.45, 2.75) is 43.7 Å². The van der Waals surface area contributed by atoms with Crippen LogP contribution in [0.25, 0.3) is 0 Å². The molecule has 1 aromatic carbocycles. The maximum absolute atomic E-state index is 14.1. The second kappa shape index (κ2) is 5.34. The van der Waals surface area contributed by atoms with Gasteiger partial charge >= 0.3 is 0 Å². The van der Waals surface area contributed by atoms with Gasteiger partial charge in [0.15, 0.2) is 0 Å². The molecule has 3 rings (SSSR count). The molecule has 20 heavy (non-hydrogen) atoms. The highest BCUT2D eigenvalue weighted by Crippen LogP contribution is 2.46. The Hall–Kier alpha value is -1.13. The second-order valence-electron chi connectivity index (χ2n) is 6.05. The Kier molecular flexibility index (Phi) is 3.69. The lowest BCUT2D eigenvalue weighted by molar-refractivity contribution is -0.146. The van der Waals surface area contributed by atoms with Gasteiger partial charge in [-0.2, -0.15) is 0 Å². The van der Waals surface area contributed by atoms with Gasteiger partial charge in [-0.3, -0.25) is 0 Å². The van der Waals surface area contributed by atoms with Crippen molar-refractivity contribution in [2.75, 3.05) is 13.7 Å². The number of rotatable bonds is 3. The maximum atomic E-state index is 14.1. The average Bonchev–Trinajstić information content (AvgIpc) is 2.45. The summed E-state index contributed by atoms with van der Waals surface area (Å²) in [6.45, 7) is 0.746. The van der Waals surface area contributed by atoms with Crippen LogP contribution < -0.4 is 10.5 Å². The highest BCUT2D eigenvalue weighted by molar-refractivity contribution is 5.31. The largest absolute Gasteiger partial charge is 0.497 e. The van der Waals surface area contributed by atoms with E-state index in [1.165, 1.54) is 19.6 Å². The first-order valence-electron chi connectivity index (χ1n) is 7.36. The van der Waals surface area contributed by atoms with E-state index >= 15 is 0 Å². The van der Waals surface area contributed by atoms with Gasteiger partial charge in [0.25, 0.3) is 0 Å². The van der Waals surface area contributed by atoms with Crippen LogP contribution in [-0.4, -0.2) is 19.3 Å². The lowest BCUT2D eigenvalue weighted by Gasteiger charge is -2.48. The van der Waals surface area contributed by atoms with Crippen LogP contribution in [-0.2, 0) is 4.74 Å². The van der Waals surface area contributed by atoms with E-state index in [0.29, 0.717) is 17.2 Å². The molecule has 1 aliphatic carbocycles. The summed E-state index contributed by atoms with van der Waals surface area (Å²) in [6, 6.07) is 4.67. The topological polar surface area (TPSA) is 44.5 Å². The first-order chi connectivity index (χ1) is 9.63. The summed E-state index contributed by atoms with van der Waals surface area (Å²) < 4.78 is 25.1. The standard InChI is InChI=1S/C16H22FNO2/c1-19-12-3-4-13(14(17)9-12)15(18)11-5-8-20-16(10-11)6-2-7-16/h3-4,9,11,15H,2,5-8,10,18H2,1H3.